The van der Waals surface area contributed by atoms with Gasteiger partial charge in [0.2, 0.25) is 0 Å². The van der Waals surface area contributed by atoms with Crippen LogP contribution in [0.2, 0.25) is 0 Å². The predicted octanol–water partition coefficient (Wildman–Crippen LogP) is 2.71. The summed E-state index contributed by atoms with van der Waals surface area (Å²) in [7, 11) is -3.98. The number of ether oxygens (including phenoxy) is 2. The molecule has 1 heterocycles. The molecule has 8 nitrogen and oxygen atoms in total. The second-order valence-electron chi connectivity index (χ2n) is 6.69. The molecule has 10 heteroatoms. The van der Waals surface area contributed by atoms with Crippen LogP contribution in [0, 0.1) is 5.82 Å². The van der Waals surface area contributed by atoms with Crippen molar-refractivity contribution in [2.24, 2.45) is 0 Å². The lowest BCUT2D eigenvalue weighted by Gasteiger charge is -2.28. The van der Waals surface area contributed by atoms with Crippen molar-refractivity contribution in [1.29, 1.82) is 0 Å². The van der Waals surface area contributed by atoms with Gasteiger partial charge in [-0.1, -0.05) is 0 Å². The summed E-state index contributed by atoms with van der Waals surface area (Å²) in [5, 5.41) is 8.58. The Kier molecular flexibility index (Phi) is 7.11. The smallest absolute Gasteiger partial charge is 0.303 e. The third-order valence-corrected chi connectivity index (χ3v) is 5.88. The van der Waals surface area contributed by atoms with Crippen molar-refractivity contribution >= 4 is 27.4 Å². The third kappa shape index (κ3) is 5.83. The minimum absolute atomic E-state index is 0.0169. The van der Waals surface area contributed by atoms with E-state index in [0.29, 0.717) is 18.9 Å². The molecule has 0 aromatic heterocycles. The number of sulfonamides is 1. The Labute approximate surface area is 174 Å². The van der Waals surface area contributed by atoms with Crippen molar-refractivity contribution < 1.29 is 32.2 Å². The number of hydrogen-bond acceptors (Lipinski definition) is 6. The molecule has 162 valence electrons. The number of aliphatic carboxylic acids is 1. The number of carboxylic acid groups (broad SMARTS) is 1. The number of hydrogen-bond donors (Lipinski definition) is 2. The van der Waals surface area contributed by atoms with Gasteiger partial charge < -0.3 is 19.5 Å². The second kappa shape index (κ2) is 9.77. The number of nitrogens with one attached hydrogen (secondary N) is 1. The van der Waals surface area contributed by atoms with Gasteiger partial charge in [0.25, 0.3) is 10.0 Å². The number of morpholine rings is 1. The van der Waals surface area contributed by atoms with E-state index in [9.17, 15) is 17.6 Å². The SMILES string of the molecule is O=C(O)CCCOc1ccc(S(=O)(=O)Nc2ccc(N3CCOCC3)cc2)cc1F. The molecule has 2 aromatic rings. The molecule has 0 saturated carbocycles. The van der Waals surface area contributed by atoms with Crippen LogP contribution >= 0.6 is 0 Å². The average Bonchev–Trinajstić information content (AvgIpc) is 2.73. The fraction of sp³-hybridized carbons (Fsp3) is 0.350. The lowest BCUT2D eigenvalue weighted by Crippen LogP contribution is -2.36. The zero-order valence-corrected chi connectivity index (χ0v) is 17.0. The molecule has 2 N–H and O–H groups in total. The summed E-state index contributed by atoms with van der Waals surface area (Å²) in [5.41, 5.74) is 1.33. The summed E-state index contributed by atoms with van der Waals surface area (Å²) in [4.78, 5) is 12.4. The van der Waals surface area contributed by atoms with Gasteiger partial charge in [-0.2, -0.15) is 0 Å². The van der Waals surface area contributed by atoms with E-state index >= 15 is 0 Å². The van der Waals surface area contributed by atoms with Gasteiger partial charge in [0.15, 0.2) is 11.6 Å². The van der Waals surface area contributed by atoms with Crippen molar-refractivity contribution in [1.82, 2.24) is 0 Å². The number of benzene rings is 2. The summed E-state index contributed by atoms with van der Waals surface area (Å²) in [6.45, 7) is 2.87. The molecule has 30 heavy (non-hydrogen) atoms. The van der Waals surface area contributed by atoms with Crippen LogP contribution in [0.3, 0.4) is 0 Å². The third-order valence-electron chi connectivity index (χ3n) is 4.50. The molecule has 0 radical (unpaired) electrons. The Hall–Kier alpha value is -2.85. The van der Waals surface area contributed by atoms with Crippen LogP contribution in [0.5, 0.6) is 5.75 Å². The lowest BCUT2D eigenvalue weighted by molar-refractivity contribution is -0.137. The number of carboxylic acids is 1. The van der Waals surface area contributed by atoms with Crippen molar-refractivity contribution in [3.05, 3.63) is 48.3 Å². The Balaban J connectivity index is 1.63. The maximum atomic E-state index is 14.2. The number of rotatable bonds is 9. The van der Waals surface area contributed by atoms with Crippen molar-refractivity contribution in [3.63, 3.8) is 0 Å². The average molecular weight is 438 g/mol. The molecular weight excluding hydrogens is 415 g/mol. The molecule has 2 aromatic carbocycles. The predicted molar refractivity (Wildman–Crippen MR) is 109 cm³/mol. The first-order valence-electron chi connectivity index (χ1n) is 9.45. The highest BCUT2D eigenvalue weighted by Gasteiger charge is 2.18. The van der Waals surface area contributed by atoms with E-state index < -0.39 is 21.8 Å². The van der Waals surface area contributed by atoms with Crippen LogP contribution in [0.4, 0.5) is 15.8 Å². The minimum atomic E-state index is -3.98. The summed E-state index contributed by atoms with van der Waals surface area (Å²) >= 11 is 0. The van der Waals surface area contributed by atoms with Crippen LogP contribution in [-0.4, -0.2) is 52.4 Å². The van der Waals surface area contributed by atoms with Crippen molar-refractivity contribution in [2.75, 3.05) is 42.5 Å². The van der Waals surface area contributed by atoms with Crippen LogP contribution in [0.15, 0.2) is 47.4 Å². The highest BCUT2D eigenvalue weighted by Crippen LogP contribution is 2.24. The summed E-state index contributed by atoms with van der Waals surface area (Å²) in [6.07, 6.45) is 0.124. The van der Waals surface area contributed by atoms with Gasteiger partial charge in [-0.25, -0.2) is 12.8 Å². The van der Waals surface area contributed by atoms with Crippen molar-refractivity contribution in [3.8, 4) is 5.75 Å². The van der Waals surface area contributed by atoms with E-state index in [4.69, 9.17) is 14.6 Å². The van der Waals surface area contributed by atoms with Crippen LogP contribution in [0.1, 0.15) is 12.8 Å². The fourth-order valence-electron chi connectivity index (χ4n) is 2.95. The van der Waals surface area contributed by atoms with E-state index in [2.05, 4.69) is 9.62 Å². The quantitative estimate of drug-likeness (QED) is 0.580. The Morgan fingerprint density at radius 2 is 1.87 bits per heavy atom. The largest absolute Gasteiger partial charge is 0.491 e. The standard InChI is InChI=1S/C20H23FN2O6S/c21-18-14-17(7-8-19(18)29-11-1-2-20(24)25)30(26,27)22-15-3-5-16(6-4-15)23-9-12-28-13-10-23/h3-8,14,22H,1-2,9-13H2,(H,24,25). The molecule has 1 aliphatic rings. The highest BCUT2D eigenvalue weighted by atomic mass is 32.2. The van der Waals surface area contributed by atoms with Crippen LogP contribution in [-0.2, 0) is 19.6 Å². The molecule has 0 aliphatic carbocycles. The van der Waals surface area contributed by atoms with E-state index in [1.807, 2.05) is 12.1 Å². The maximum absolute atomic E-state index is 14.2. The molecular formula is C20H23FN2O6S. The number of carbonyl (C=O) groups is 1. The topological polar surface area (TPSA) is 105 Å². The molecule has 3 rings (SSSR count). The van der Waals surface area contributed by atoms with E-state index in [1.54, 1.807) is 12.1 Å². The fourth-order valence-corrected chi connectivity index (χ4v) is 4.02. The summed E-state index contributed by atoms with van der Waals surface area (Å²) in [6, 6.07) is 10.3. The van der Waals surface area contributed by atoms with Crippen LogP contribution < -0.4 is 14.4 Å². The van der Waals surface area contributed by atoms with Crippen molar-refractivity contribution in [2.45, 2.75) is 17.7 Å². The maximum Gasteiger partial charge on any atom is 0.303 e. The molecule has 0 spiro atoms. The molecule has 0 amide bonds. The molecule has 0 atom stereocenters. The lowest BCUT2D eigenvalue weighted by atomic mass is 10.2. The Bertz CT molecular complexity index is 975. The normalized spacial score (nSPS) is 14.4. The van der Waals surface area contributed by atoms with Gasteiger partial charge in [-0.3, -0.25) is 9.52 Å². The Morgan fingerprint density at radius 3 is 2.50 bits per heavy atom. The molecule has 0 bridgehead atoms. The van der Waals surface area contributed by atoms with E-state index in [1.165, 1.54) is 12.1 Å². The first kappa shape index (κ1) is 21.8. The monoisotopic (exact) mass is 438 g/mol. The molecule has 1 saturated heterocycles. The van der Waals surface area contributed by atoms with E-state index in [0.717, 1.165) is 24.8 Å². The zero-order chi connectivity index (χ0) is 21.6. The number of halogens is 1. The summed E-state index contributed by atoms with van der Waals surface area (Å²) in [5.74, 6) is -1.94. The van der Waals surface area contributed by atoms with Crippen LogP contribution in [0.25, 0.3) is 0 Å². The van der Waals surface area contributed by atoms with Gasteiger partial charge in [-0.15, -0.1) is 0 Å². The first-order chi connectivity index (χ1) is 14.3. The number of anilines is 2. The van der Waals surface area contributed by atoms with E-state index in [-0.39, 0.29) is 30.1 Å². The Morgan fingerprint density at radius 1 is 1.17 bits per heavy atom. The highest BCUT2D eigenvalue weighted by molar-refractivity contribution is 7.92. The zero-order valence-electron chi connectivity index (χ0n) is 16.2. The molecule has 1 fully saturated rings. The van der Waals surface area contributed by atoms with Gasteiger partial charge in [0, 0.05) is 30.9 Å². The molecule has 1 aliphatic heterocycles. The summed E-state index contributed by atoms with van der Waals surface area (Å²) < 4.78 is 52.3. The first-order valence-corrected chi connectivity index (χ1v) is 10.9. The minimum Gasteiger partial charge on any atom is -0.491 e. The number of nitrogens with zero attached hydrogens (tertiary/aromatic N) is 1. The molecule has 0 unspecified atom stereocenters. The second-order valence-corrected chi connectivity index (χ2v) is 8.37. The van der Waals surface area contributed by atoms with Gasteiger partial charge >= 0.3 is 5.97 Å². The van der Waals surface area contributed by atoms with Gasteiger partial charge in [0.05, 0.1) is 24.7 Å². The van der Waals surface area contributed by atoms with Gasteiger partial charge in [-0.05, 0) is 48.9 Å². The van der Waals surface area contributed by atoms with Gasteiger partial charge in [0.1, 0.15) is 0 Å².